The Morgan fingerprint density at radius 1 is 1.56 bits per heavy atom. The third-order valence-electron chi connectivity index (χ3n) is 1.90. The van der Waals surface area contributed by atoms with Gasteiger partial charge in [-0.1, -0.05) is 0 Å². The van der Waals surface area contributed by atoms with Crippen LogP contribution in [0.3, 0.4) is 0 Å². The topological polar surface area (TPSA) is 47.6 Å². The minimum Gasteiger partial charge on any atom is -0.458 e. The van der Waals surface area contributed by atoms with Crippen molar-refractivity contribution in [1.29, 1.82) is 0 Å². The van der Waals surface area contributed by atoms with Crippen LogP contribution in [0, 0.1) is 6.92 Å². The molecule has 0 fully saturated rings. The van der Waals surface area contributed by atoms with Gasteiger partial charge in [0.2, 0.25) is 0 Å². The SMILES string of the molecule is COCc1ccc(C=Nc2cc(C)ns2)o1. The van der Waals surface area contributed by atoms with Crippen molar-refractivity contribution in [1.82, 2.24) is 4.37 Å². The number of aliphatic imine (C=N–C) groups is 1. The summed E-state index contributed by atoms with van der Waals surface area (Å²) < 4.78 is 14.6. The molecular weight excluding hydrogens is 224 g/mol. The van der Waals surface area contributed by atoms with Gasteiger partial charge in [0.05, 0.1) is 11.9 Å². The van der Waals surface area contributed by atoms with Gasteiger partial charge < -0.3 is 9.15 Å². The van der Waals surface area contributed by atoms with Crippen LogP contribution in [0.4, 0.5) is 5.00 Å². The van der Waals surface area contributed by atoms with E-state index in [1.807, 2.05) is 25.1 Å². The van der Waals surface area contributed by atoms with Crippen LogP contribution in [0.15, 0.2) is 27.6 Å². The molecular formula is C11H12N2O2S. The molecule has 0 bridgehead atoms. The number of nitrogens with zero attached hydrogens (tertiary/aromatic N) is 2. The van der Waals surface area contributed by atoms with Gasteiger partial charge in [-0.25, -0.2) is 4.99 Å². The van der Waals surface area contributed by atoms with Gasteiger partial charge in [0.1, 0.15) is 23.1 Å². The molecule has 0 aliphatic rings. The molecule has 0 saturated heterocycles. The molecule has 0 aliphatic carbocycles. The molecule has 0 aromatic carbocycles. The Hall–Kier alpha value is -1.46. The summed E-state index contributed by atoms with van der Waals surface area (Å²) in [7, 11) is 1.64. The number of methoxy groups -OCH3 is 1. The van der Waals surface area contributed by atoms with Crippen molar-refractivity contribution < 1.29 is 9.15 Å². The molecule has 5 heteroatoms. The smallest absolute Gasteiger partial charge is 0.145 e. The third-order valence-corrected chi connectivity index (χ3v) is 2.69. The van der Waals surface area contributed by atoms with Crippen LogP contribution in [-0.2, 0) is 11.3 Å². The Labute approximate surface area is 97.8 Å². The molecule has 2 aromatic rings. The van der Waals surface area contributed by atoms with Crippen LogP contribution in [0.5, 0.6) is 0 Å². The first-order valence-corrected chi connectivity index (χ1v) is 5.60. The zero-order valence-corrected chi connectivity index (χ0v) is 9.95. The fourth-order valence-corrected chi connectivity index (χ4v) is 1.84. The Balaban J connectivity index is 2.05. The van der Waals surface area contributed by atoms with E-state index in [1.54, 1.807) is 13.3 Å². The van der Waals surface area contributed by atoms with Crippen molar-refractivity contribution >= 4 is 22.7 Å². The van der Waals surface area contributed by atoms with Crippen molar-refractivity contribution in [3.05, 3.63) is 35.4 Å². The summed E-state index contributed by atoms with van der Waals surface area (Å²) in [5, 5.41) is 0.877. The van der Waals surface area contributed by atoms with Crippen molar-refractivity contribution in [3.8, 4) is 0 Å². The highest BCUT2D eigenvalue weighted by Crippen LogP contribution is 2.19. The lowest BCUT2D eigenvalue weighted by molar-refractivity contribution is 0.164. The second-order valence-corrected chi connectivity index (χ2v) is 4.09. The van der Waals surface area contributed by atoms with Crippen LogP contribution < -0.4 is 0 Å². The monoisotopic (exact) mass is 236 g/mol. The predicted octanol–water partition coefficient (Wildman–Crippen LogP) is 2.94. The van der Waals surface area contributed by atoms with E-state index in [4.69, 9.17) is 9.15 Å². The lowest BCUT2D eigenvalue weighted by Gasteiger charge is -1.91. The number of rotatable bonds is 4. The highest BCUT2D eigenvalue weighted by molar-refractivity contribution is 7.09. The van der Waals surface area contributed by atoms with Gasteiger partial charge in [-0.15, -0.1) is 0 Å². The minimum absolute atomic E-state index is 0.480. The van der Waals surface area contributed by atoms with E-state index in [9.17, 15) is 0 Å². The van der Waals surface area contributed by atoms with Crippen molar-refractivity contribution in [2.24, 2.45) is 4.99 Å². The number of ether oxygens (including phenoxy) is 1. The highest BCUT2D eigenvalue weighted by Gasteiger charge is 1.99. The lowest BCUT2D eigenvalue weighted by Crippen LogP contribution is -1.82. The average Bonchev–Trinajstić information content (AvgIpc) is 2.85. The minimum atomic E-state index is 0.480. The van der Waals surface area contributed by atoms with E-state index in [2.05, 4.69) is 9.37 Å². The number of aryl methyl sites for hydroxylation is 1. The first kappa shape index (κ1) is 11.0. The molecule has 0 spiro atoms. The van der Waals surface area contributed by atoms with Gasteiger partial charge >= 0.3 is 0 Å². The van der Waals surface area contributed by atoms with Gasteiger partial charge in [-0.3, -0.25) is 0 Å². The van der Waals surface area contributed by atoms with Gasteiger partial charge in [0.25, 0.3) is 0 Å². The summed E-state index contributed by atoms with van der Waals surface area (Å²) in [6.45, 7) is 2.42. The van der Waals surface area contributed by atoms with Crippen LogP contribution in [0.1, 0.15) is 17.2 Å². The zero-order chi connectivity index (χ0) is 11.4. The van der Waals surface area contributed by atoms with E-state index in [0.29, 0.717) is 6.61 Å². The number of furan rings is 1. The number of hydrogen-bond donors (Lipinski definition) is 0. The molecule has 84 valence electrons. The summed E-state index contributed by atoms with van der Waals surface area (Å²) in [6.07, 6.45) is 1.69. The van der Waals surface area contributed by atoms with Crippen LogP contribution >= 0.6 is 11.5 Å². The zero-order valence-electron chi connectivity index (χ0n) is 9.14. The maximum absolute atomic E-state index is 5.46. The maximum Gasteiger partial charge on any atom is 0.145 e. The van der Waals surface area contributed by atoms with E-state index in [0.717, 1.165) is 22.2 Å². The summed E-state index contributed by atoms with van der Waals surface area (Å²) in [4.78, 5) is 4.27. The normalized spacial score (nSPS) is 11.4. The number of hydrogen-bond acceptors (Lipinski definition) is 5. The summed E-state index contributed by atoms with van der Waals surface area (Å²) in [6, 6.07) is 5.68. The van der Waals surface area contributed by atoms with E-state index >= 15 is 0 Å². The first-order valence-electron chi connectivity index (χ1n) is 4.83. The largest absolute Gasteiger partial charge is 0.458 e. The molecule has 0 radical (unpaired) electrons. The molecule has 0 atom stereocenters. The van der Waals surface area contributed by atoms with Gasteiger partial charge in [0, 0.05) is 7.11 Å². The predicted molar refractivity (Wildman–Crippen MR) is 63.5 cm³/mol. The third kappa shape index (κ3) is 2.77. The van der Waals surface area contributed by atoms with E-state index < -0.39 is 0 Å². The molecule has 0 aliphatic heterocycles. The Morgan fingerprint density at radius 2 is 2.44 bits per heavy atom. The van der Waals surface area contributed by atoms with Crippen molar-refractivity contribution in [2.75, 3.05) is 7.11 Å². The van der Waals surface area contributed by atoms with Gasteiger partial charge in [-0.2, -0.15) is 4.37 Å². The molecule has 2 rings (SSSR count). The molecule has 4 nitrogen and oxygen atoms in total. The summed E-state index contributed by atoms with van der Waals surface area (Å²) in [5.41, 5.74) is 0.983. The fourth-order valence-electron chi connectivity index (χ4n) is 1.22. The Bertz CT molecular complexity index is 488. The van der Waals surface area contributed by atoms with Gasteiger partial charge in [0.15, 0.2) is 0 Å². The average molecular weight is 236 g/mol. The summed E-state index contributed by atoms with van der Waals surface area (Å²) in [5.74, 6) is 1.52. The quantitative estimate of drug-likeness (QED) is 0.767. The maximum atomic E-state index is 5.46. The van der Waals surface area contributed by atoms with Gasteiger partial charge in [-0.05, 0) is 36.7 Å². The van der Waals surface area contributed by atoms with Crippen molar-refractivity contribution in [3.63, 3.8) is 0 Å². The highest BCUT2D eigenvalue weighted by atomic mass is 32.1. The van der Waals surface area contributed by atoms with Crippen LogP contribution in [-0.4, -0.2) is 17.7 Å². The molecule has 2 aromatic heterocycles. The Morgan fingerprint density at radius 3 is 3.12 bits per heavy atom. The first-order chi connectivity index (χ1) is 7.78. The second-order valence-electron chi connectivity index (χ2n) is 3.30. The van der Waals surface area contributed by atoms with Crippen LogP contribution in [0.25, 0.3) is 0 Å². The van der Waals surface area contributed by atoms with E-state index in [-0.39, 0.29) is 0 Å². The molecule has 0 amide bonds. The molecule has 0 saturated carbocycles. The lowest BCUT2D eigenvalue weighted by atomic mass is 10.4. The second kappa shape index (κ2) is 5.05. The standard InChI is InChI=1S/C11H12N2O2S/c1-8-5-11(16-13-8)12-6-9-3-4-10(15-9)7-14-2/h3-6H,7H2,1-2H3. The molecule has 16 heavy (non-hydrogen) atoms. The number of aromatic nitrogens is 1. The summed E-state index contributed by atoms with van der Waals surface area (Å²) >= 11 is 1.37. The molecule has 0 unspecified atom stereocenters. The fraction of sp³-hybridized carbons (Fsp3) is 0.273. The molecule has 0 N–H and O–H groups in total. The van der Waals surface area contributed by atoms with Crippen LogP contribution in [0.2, 0.25) is 0 Å². The van der Waals surface area contributed by atoms with E-state index in [1.165, 1.54) is 11.5 Å². The Kier molecular flexibility index (Phi) is 3.48. The van der Waals surface area contributed by atoms with Crippen molar-refractivity contribution in [2.45, 2.75) is 13.5 Å². The molecule has 2 heterocycles.